The summed E-state index contributed by atoms with van der Waals surface area (Å²) in [7, 11) is 2.15. The highest BCUT2D eigenvalue weighted by atomic mass is 127. The molecule has 1 amide bonds. The van der Waals surface area contributed by atoms with Crippen LogP contribution in [0.25, 0.3) is 0 Å². The second-order valence-corrected chi connectivity index (χ2v) is 9.87. The monoisotopic (exact) mass is 575 g/mol. The molecule has 9 nitrogen and oxygen atoms in total. The predicted molar refractivity (Wildman–Crippen MR) is 146 cm³/mol. The summed E-state index contributed by atoms with van der Waals surface area (Å²) >= 11 is 0. The van der Waals surface area contributed by atoms with Gasteiger partial charge in [-0.05, 0) is 66.3 Å². The second kappa shape index (κ2) is 13.2. The van der Waals surface area contributed by atoms with Gasteiger partial charge in [0, 0.05) is 45.5 Å². The number of nitrogens with one attached hydrogen (secondary N) is 3. The van der Waals surface area contributed by atoms with E-state index in [4.69, 9.17) is 9.73 Å². The maximum Gasteiger partial charge on any atom is 0.408 e. The highest BCUT2D eigenvalue weighted by Gasteiger charge is 2.24. The Morgan fingerprint density at radius 1 is 1.15 bits per heavy atom. The Bertz CT molecular complexity index is 772. The van der Waals surface area contributed by atoms with Crippen molar-refractivity contribution >= 4 is 41.8 Å². The zero-order chi connectivity index (χ0) is 23.8. The van der Waals surface area contributed by atoms with Crippen LogP contribution in [-0.4, -0.2) is 79.4 Å². The number of halogens is 1. The van der Waals surface area contributed by atoms with Gasteiger partial charge in [0.25, 0.3) is 0 Å². The number of guanidine groups is 1. The van der Waals surface area contributed by atoms with Gasteiger partial charge in [-0.2, -0.15) is 0 Å². The number of carbonyl (C=O) groups is 1. The van der Waals surface area contributed by atoms with Gasteiger partial charge in [-0.25, -0.2) is 14.8 Å². The molecule has 0 atom stereocenters. The molecule has 33 heavy (non-hydrogen) atoms. The molecule has 0 spiro atoms. The fraction of sp³-hybridized carbons (Fsp3) is 0.696. The van der Waals surface area contributed by atoms with E-state index in [1.807, 2.05) is 53.8 Å². The van der Waals surface area contributed by atoms with Gasteiger partial charge < -0.3 is 30.5 Å². The Morgan fingerprint density at radius 2 is 1.82 bits per heavy atom. The van der Waals surface area contributed by atoms with Crippen LogP contribution in [0.15, 0.2) is 23.3 Å². The minimum absolute atomic E-state index is 0. The Hall–Kier alpha value is -1.82. The van der Waals surface area contributed by atoms with E-state index in [0.717, 1.165) is 44.1 Å². The number of amides is 1. The molecule has 0 saturated carbocycles. The number of pyridine rings is 1. The number of anilines is 1. The summed E-state index contributed by atoms with van der Waals surface area (Å²) in [6.07, 6.45) is 1.42. The molecule has 188 valence electrons. The summed E-state index contributed by atoms with van der Waals surface area (Å²) in [6.45, 7) is 17.3. The van der Waals surface area contributed by atoms with Crippen molar-refractivity contribution in [3.63, 3.8) is 0 Å². The summed E-state index contributed by atoms with van der Waals surface area (Å²) in [5.41, 5.74) is 0.0682. The first-order valence-electron chi connectivity index (χ1n) is 11.4. The van der Waals surface area contributed by atoms with Crippen molar-refractivity contribution in [3.05, 3.63) is 23.9 Å². The number of nitrogens with zero attached hydrogens (tertiary/aromatic N) is 4. The van der Waals surface area contributed by atoms with Crippen molar-refractivity contribution in [2.24, 2.45) is 4.99 Å². The third kappa shape index (κ3) is 11.2. The highest BCUT2D eigenvalue weighted by molar-refractivity contribution is 14.0. The van der Waals surface area contributed by atoms with Crippen LogP contribution in [-0.2, 0) is 11.3 Å². The normalized spacial score (nSPS) is 15.5. The van der Waals surface area contributed by atoms with Gasteiger partial charge in [0.05, 0.1) is 12.1 Å². The van der Waals surface area contributed by atoms with Crippen molar-refractivity contribution in [1.29, 1.82) is 0 Å². The molecule has 0 unspecified atom stereocenters. The lowest BCUT2D eigenvalue weighted by molar-refractivity contribution is 0.0474. The third-order valence-electron chi connectivity index (χ3n) is 4.94. The molecule has 1 saturated heterocycles. The van der Waals surface area contributed by atoms with E-state index in [0.29, 0.717) is 19.0 Å². The van der Waals surface area contributed by atoms with Crippen LogP contribution in [0.4, 0.5) is 10.6 Å². The first-order chi connectivity index (χ1) is 15.0. The fourth-order valence-electron chi connectivity index (χ4n) is 3.21. The molecule has 10 heteroatoms. The molecule has 1 aliphatic rings. The quantitative estimate of drug-likeness (QED) is 0.262. The van der Waals surface area contributed by atoms with Crippen LogP contribution in [0.1, 0.15) is 47.1 Å². The molecular weight excluding hydrogens is 533 g/mol. The van der Waals surface area contributed by atoms with Crippen LogP contribution in [0.5, 0.6) is 0 Å². The molecule has 2 heterocycles. The lowest BCUT2D eigenvalue weighted by Gasteiger charge is -2.33. The number of likely N-dealkylation sites (N-methyl/N-ethyl adjacent to an activating group) is 1. The zero-order valence-electron chi connectivity index (χ0n) is 21.2. The summed E-state index contributed by atoms with van der Waals surface area (Å²) in [5.74, 6) is 1.70. The van der Waals surface area contributed by atoms with E-state index >= 15 is 0 Å². The SMILES string of the molecule is CCNC(=NCc1ccnc(N2CCN(C)CC2)c1)NCC(C)(C)NC(=O)OC(C)(C)C.I. The summed E-state index contributed by atoms with van der Waals surface area (Å²) < 4.78 is 5.36. The molecule has 1 aromatic rings. The summed E-state index contributed by atoms with van der Waals surface area (Å²) in [4.78, 5) is 26.0. The van der Waals surface area contributed by atoms with Crippen LogP contribution >= 0.6 is 24.0 Å². The molecule has 0 aromatic carbocycles. The van der Waals surface area contributed by atoms with Gasteiger partial charge in [-0.15, -0.1) is 24.0 Å². The van der Waals surface area contributed by atoms with Gasteiger partial charge >= 0.3 is 6.09 Å². The van der Waals surface area contributed by atoms with Gasteiger partial charge in [0.2, 0.25) is 0 Å². The van der Waals surface area contributed by atoms with Crippen molar-refractivity contribution in [2.45, 2.75) is 59.2 Å². The van der Waals surface area contributed by atoms with Gasteiger partial charge in [-0.3, -0.25) is 0 Å². The van der Waals surface area contributed by atoms with E-state index in [1.165, 1.54) is 0 Å². The standard InChI is InChI=1S/C23H41N7O2.HI/c1-8-24-20(27-17-23(5,6)28-21(31)32-22(2,3)4)26-16-18-9-10-25-19(15-18)30-13-11-29(7)12-14-30;/h9-10,15H,8,11-14,16-17H2,1-7H3,(H,28,31)(H2,24,26,27);1H. The van der Waals surface area contributed by atoms with Crippen molar-refractivity contribution < 1.29 is 9.53 Å². The van der Waals surface area contributed by atoms with Crippen molar-refractivity contribution in [3.8, 4) is 0 Å². The fourth-order valence-corrected chi connectivity index (χ4v) is 3.21. The smallest absolute Gasteiger partial charge is 0.408 e. The number of hydrogen-bond acceptors (Lipinski definition) is 6. The number of aromatic nitrogens is 1. The number of hydrogen-bond donors (Lipinski definition) is 3. The largest absolute Gasteiger partial charge is 0.444 e. The average molecular weight is 576 g/mol. The molecular formula is C23H42IN7O2. The van der Waals surface area contributed by atoms with Crippen LogP contribution < -0.4 is 20.9 Å². The van der Waals surface area contributed by atoms with E-state index in [2.05, 4.69) is 43.8 Å². The number of ether oxygens (including phenoxy) is 1. The molecule has 1 aliphatic heterocycles. The molecule has 1 fully saturated rings. The van der Waals surface area contributed by atoms with Crippen LogP contribution in [0.2, 0.25) is 0 Å². The molecule has 1 aromatic heterocycles. The highest BCUT2D eigenvalue weighted by Crippen LogP contribution is 2.15. The molecule has 0 aliphatic carbocycles. The van der Waals surface area contributed by atoms with Crippen LogP contribution in [0, 0.1) is 0 Å². The minimum Gasteiger partial charge on any atom is -0.444 e. The van der Waals surface area contributed by atoms with Crippen molar-refractivity contribution in [2.75, 3.05) is 51.2 Å². The summed E-state index contributed by atoms with van der Waals surface area (Å²) in [5, 5.41) is 9.49. The predicted octanol–water partition coefficient (Wildman–Crippen LogP) is 2.81. The lowest BCUT2D eigenvalue weighted by Crippen LogP contribution is -2.54. The zero-order valence-corrected chi connectivity index (χ0v) is 23.5. The second-order valence-electron chi connectivity index (χ2n) is 9.87. The van der Waals surface area contributed by atoms with Crippen molar-refractivity contribution in [1.82, 2.24) is 25.8 Å². The molecule has 3 N–H and O–H groups in total. The third-order valence-corrected chi connectivity index (χ3v) is 4.94. The van der Waals surface area contributed by atoms with E-state index in [9.17, 15) is 4.79 Å². The lowest BCUT2D eigenvalue weighted by atomic mass is 10.1. The first-order valence-corrected chi connectivity index (χ1v) is 11.4. The van der Waals surface area contributed by atoms with E-state index < -0.39 is 17.2 Å². The van der Waals surface area contributed by atoms with Crippen LogP contribution in [0.3, 0.4) is 0 Å². The number of carbonyl (C=O) groups excluding carboxylic acids is 1. The maximum absolute atomic E-state index is 12.1. The Morgan fingerprint density at radius 3 is 2.42 bits per heavy atom. The first kappa shape index (κ1) is 29.2. The number of alkyl carbamates (subject to hydrolysis) is 1. The number of piperazine rings is 1. The molecule has 2 rings (SSSR count). The average Bonchev–Trinajstić information content (AvgIpc) is 2.69. The molecule has 0 bridgehead atoms. The van der Waals surface area contributed by atoms with Gasteiger partial charge in [0.15, 0.2) is 5.96 Å². The van der Waals surface area contributed by atoms with E-state index in [-0.39, 0.29) is 24.0 Å². The Kier molecular flexibility index (Phi) is 11.7. The van der Waals surface area contributed by atoms with Gasteiger partial charge in [-0.1, -0.05) is 0 Å². The minimum atomic E-state index is -0.530. The maximum atomic E-state index is 12.1. The number of aliphatic imine (C=N–C) groups is 1. The number of rotatable bonds is 7. The van der Waals surface area contributed by atoms with Gasteiger partial charge in [0.1, 0.15) is 11.4 Å². The molecule has 0 radical (unpaired) electrons. The Balaban J connectivity index is 0.00000544. The Labute approximate surface area is 216 Å². The topological polar surface area (TPSA) is 94.1 Å². The summed E-state index contributed by atoms with van der Waals surface area (Å²) in [6, 6.07) is 4.12. The van der Waals surface area contributed by atoms with E-state index in [1.54, 1.807) is 0 Å².